The van der Waals surface area contributed by atoms with Crippen molar-refractivity contribution in [2.24, 2.45) is 0 Å². The largest absolute Gasteiger partial charge is 0.345 e. The van der Waals surface area contributed by atoms with E-state index in [-0.39, 0.29) is 0 Å². The van der Waals surface area contributed by atoms with Crippen molar-refractivity contribution in [3.63, 3.8) is 0 Å². The van der Waals surface area contributed by atoms with E-state index >= 15 is 0 Å². The van der Waals surface area contributed by atoms with Crippen molar-refractivity contribution in [1.29, 1.82) is 0 Å². The van der Waals surface area contributed by atoms with Crippen LogP contribution in [0.5, 0.6) is 0 Å². The highest BCUT2D eigenvalue weighted by molar-refractivity contribution is 7.15. The fourth-order valence-electron chi connectivity index (χ4n) is 2.04. The van der Waals surface area contributed by atoms with Gasteiger partial charge in [0, 0.05) is 23.3 Å². The van der Waals surface area contributed by atoms with Gasteiger partial charge in [0.15, 0.2) is 5.13 Å². The molecule has 2 aromatic rings. The molecule has 2 heterocycles. The maximum atomic E-state index is 4.70. The van der Waals surface area contributed by atoms with Crippen LogP contribution in [0.25, 0.3) is 0 Å². The summed E-state index contributed by atoms with van der Waals surface area (Å²) in [6.45, 7) is 8.35. The van der Waals surface area contributed by atoms with Gasteiger partial charge >= 0.3 is 0 Å². The fraction of sp³-hybridized carbons (Fsp3) is 0.571. The Balaban J connectivity index is 2.05. The smallest absolute Gasteiger partial charge is 0.185 e. The van der Waals surface area contributed by atoms with E-state index in [4.69, 9.17) is 4.98 Å². The molecule has 1 unspecified atom stereocenters. The molecule has 20 heavy (non-hydrogen) atoms. The van der Waals surface area contributed by atoms with Gasteiger partial charge in [-0.15, -0.1) is 22.7 Å². The molecule has 4 nitrogen and oxygen atoms in total. The summed E-state index contributed by atoms with van der Waals surface area (Å²) < 4.78 is 0. The molecule has 0 aliphatic rings. The van der Waals surface area contributed by atoms with Crippen LogP contribution < -0.4 is 10.2 Å². The summed E-state index contributed by atoms with van der Waals surface area (Å²) in [7, 11) is 2.07. The average Bonchev–Trinajstić information content (AvgIpc) is 3.05. The first-order valence-electron chi connectivity index (χ1n) is 6.90. The zero-order valence-corrected chi connectivity index (χ0v) is 14.1. The molecular weight excluding hydrogens is 288 g/mol. The van der Waals surface area contributed by atoms with Gasteiger partial charge in [-0.05, 0) is 26.8 Å². The van der Waals surface area contributed by atoms with Gasteiger partial charge < -0.3 is 10.2 Å². The number of thiazole rings is 2. The van der Waals surface area contributed by atoms with Gasteiger partial charge in [-0.25, -0.2) is 9.97 Å². The van der Waals surface area contributed by atoms with Crippen LogP contribution >= 0.6 is 22.7 Å². The normalized spacial score (nSPS) is 12.6. The number of nitrogens with zero attached hydrogens (tertiary/aromatic N) is 3. The molecular formula is C14H22N4S2. The second-order valence-corrected chi connectivity index (χ2v) is 6.69. The number of rotatable bonds is 7. The lowest BCUT2D eigenvalue weighted by Gasteiger charge is -2.14. The molecule has 2 aromatic heterocycles. The maximum Gasteiger partial charge on any atom is 0.185 e. The van der Waals surface area contributed by atoms with E-state index in [2.05, 4.69) is 48.4 Å². The molecule has 1 N–H and O–H groups in total. The maximum absolute atomic E-state index is 4.70. The molecule has 6 heteroatoms. The Labute approximate surface area is 128 Å². The van der Waals surface area contributed by atoms with Crippen molar-refractivity contribution in [3.05, 3.63) is 27.2 Å². The molecule has 110 valence electrons. The first-order chi connectivity index (χ1) is 9.61. The summed E-state index contributed by atoms with van der Waals surface area (Å²) in [5, 5.41) is 6.68. The van der Waals surface area contributed by atoms with Crippen molar-refractivity contribution in [1.82, 2.24) is 15.3 Å². The number of hydrogen-bond acceptors (Lipinski definition) is 6. The van der Waals surface area contributed by atoms with Gasteiger partial charge in [-0.2, -0.15) is 0 Å². The molecule has 0 saturated heterocycles. The zero-order valence-electron chi connectivity index (χ0n) is 12.5. The molecule has 0 radical (unpaired) electrons. The second-order valence-electron chi connectivity index (χ2n) is 4.96. The highest BCUT2D eigenvalue weighted by Gasteiger charge is 2.16. The summed E-state index contributed by atoms with van der Waals surface area (Å²) in [6, 6.07) is 0.369. The Bertz CT molecular complexity index is 521. The molecule has 1 atom stereocenters. The molecule has 2 rings (SSSR count). The van der Waals surface area contributed by atoms with E-state index in [0.717, 1.165) is 36.0 Å². The van der Waals surface area contributed by atoms with Gasteiger partial charge in [0.2, 0.25) is 0 Å². The molecule has 0 aliphatic heterocycles. The molecule has 0 saturated carbocycles. The van der Waals surface area contributed by atoms with Gasteiger partial charge in [0.05, 0.1) is 23.4 Å². The third kappa shape index (κ3) is 3.77. The number of nitrogens with one attached hydrogen (secondary N) is 1. The lowest BCUT2D eigenvalue weighted by molar-refractivity contribution is 0.575. The van der Waals surface area contributed by atoms with Crippen molar-refractivity contribution in [2.45, 2.75) is 39.8 Å². The predicted octanol–water partition coefficient (Wildman–Crippen LogP) is 3.61. The van der Waals surface area contributed by atoms with Gasteiger partial charge in [0.25, 0.3) is 0 Å². The van der Waals surface area contributed by atoms with Crippen molar-refractivity contribution < 1.29 is 0 Å². The summed E-state index contributed by atoms with van der Waals surface area (Å²) in [5.41, 5.74) is 4.11. The Morgan fingerprint density at radius 3 is 2.90 bits per heavy atom. The van der Waals surface area contributed by atoms with Gasteiger partial charge in [-0.3, -0.25) is 0 Å². The van der Waals surface area contributed by atoms with Crippen LogP contribution in [0.15, 0.2) is 10.9 Å². The van der Waals surface area contributed by atoms with Crippen LogP contribution in [0.2, 0.25) is 0 Å². The van der Waals surface area contributed by atoms with Crippen LogP contribution in [0.4, 0.5) is 5.13 Å². The molecule has 0 fully saturated rings. The van der Waals surface area contributed by atoms with Crippen molar-refractivity contribution >= 4 is 27.8 Å². The van der Waals surface area contributed by atoms with Crippen LogP contribution in [0, 0.1) is 6.92 Å². The standard InChI is InChI=1S/C14H22N4S2/c1-5-6-15-10(2)13-11(3)17-14(20-13)18(4)7-12-8-19-9-16-12/h8-10,15H,5-7H2,1-4H3. The monoisotopic (exact) mass is 310 g/mol. The van der Waals surface area contributed by atoms with Crippen molar-refractivity contribution in [2.75, 3.05) is 18.5 Å². The summed E-state index contributed by atoms with van der Waals surface area (Å²) in [6.07, 6.45) is 1.15. The Morgan fingerprint density at radius 2 is 2.25 bits per heavy atom. The quantitative estimate of drug-likeness (QED) is 0.848. The van der Waals surface area contributed by atoms with Crippen LogP contribution in [-0.2, 0) is 6.54 Å². The lowest BCUT2D eigenvalue weighted by atomic mass is 10.2. The van der Waals surface area contributed by atoms with Crippen LogP contribution in [-0.4, -0.2) is 23.6 Å². The van der Waals surface area contributed by atoms with Crippen molar-refractivity contribution in [3.8, 4) is 0 Å². The summed E-state index contributed by atoms with van der Waals surface area (Å²) in [5.74, 6) is 0. The first-order valence-corrected chi connectivity index (χ1v) is 8.66. The fourth-order valence-corrected chi connectivity index (χ4v) is 3.64. The van der Waals surface area contributed by atoms with E-state index in [1.165, 1.54) is 4.88 Å². The summed E-state index contributed by atoms with van der Waals surface area (Å²) >= 11 is 3.41. The van der Waals surface area contributed by atoms with Crippen LogP contribution in [0.3, 0.4) is 0 Å². The topological polar surface area (TPSA) is 41.0 Å². The minimum Gasteiger partial charge on any atom is -0.345 e. The molecule has 0 amide bonds. The number of aryl methyl sites for hydroxylation is 1. The highest BCUT2D eigenvalue weighted by atomic mass is 32.1. The van der Waals surface area contributed by atoms with Gasteiger partial charge in [-0.1, -0.05) is 6.92 Å². The van der Waals surface area contributed by atoms with E-state index < -0.39 is 0 Å². The molecule has 0 aromatic carbocycles. The summed E-state index contributed by atoms with van der Waals surface area (Å²) in [4.78, 5) is 12.5. The number of anilines is 1. The Kier molecular flexibility index (Phi) is 5.51. The lowest BCUT2D eigenvalue weighted by Crippen LogP contribution is -2.19. The minimum absolute atomic E-state index is 0.369. The molecule has 0 bridgehead atoms. The predicted molar refractivity (Wildman–Crippen MR) is 87.8 cm³/mol. The minimum atomic E-state index is 0.369. The van der Waals surface area contributed by atoms with E-state index in [1.54, 1.807) is 22.7 Å². The number of aromatic nitrogens is 2. The van der Waals surface area contributed by atoms with E-state index in [9.17, 15) is 0 Å². The molecule has 0 aliphatic carbocycles. The SMILES string of the molecule is CCCNC(C)c1sc(N(C)Cc2cscn2)nc1C. The number of hydrogen-bond donors (Lipinski definition) is 1. The van der Waals surface area contributed by atoms with Crippen LogP contribution in [0.1, 0.15) is 42.6 Å². The molecule has 0 spiro atoms. The third-order valence-electron chi connectivity index (χ3n) is 3.12. The second kappa shape index (κ2) is 7.15. The third-order valence-corrected chi connectivity index (χ3v) is 5.21. The Hall–Kier alpha value is -0.980. The average molecular weight is 310 g/mol. The Morgan fingerprint density at radius 1 is 1.45 bits per heavy atom. The highest BCUT2D eigenvalue weighted by Crippen LogP contribution is 2.30. The first kappa shape index (κ1) is 15.4. The van der Waals surface area contributed by atoms with Gasteiger partial charge in [0.1, 0.15) is 0 Å². The zero-order chi connectivity index (χ0) is 14.5. The van der Waals surface area contributed by atoms with E-state index in [1.807, 2.05) is 5.51 Å². The van der Waals surface area contributed by atoms with E-state index in [0.29, 0.717) is 6.04 Å².